The molecule has 4 nitrogen and oxygen atoms in total. The molecule has 1 N–H and O–H groups in total. The van der Waals surface area contributed by atoms with Crippen LogP contribution < -0.4 is 5.32 Å². The molecule has 0 radical (unpaired) electrons. The van der Waals surface area contributed by atoms with Gasteiger partial charge in [-0.25, -0.2) is 8.42 Å². The topological polar surface area (TPSA) is 63.2 Å². The second-order valence-electron chi connectivity index (χ2n) is 6.25. The van der Waals surface area contributed by atoms with Crippen LogP contribution in [0.1, 0.15) is 47.0 Å². The summed E-state index contributed by atoms with van der Waals surface area (Å²) in [4.78, 5) is 12.1. The summed E-state index contributed by atoms with van der Waals surface area (Å²) in [6.45, 7) is 9.10. The monoisotopic (exact) mass is 289 g/mol. The van der Waals surface area contributed by atoms with E-state index in [-0.39, 0.29) is 11.7 Å². The average molecular weight is 289 g/mol. The number of sulfone groups is 1. The Morgan fingerprint density at radius 1 is 1.16 bits per heavy atom. The van der Waals surface area contributed by atoms with Crippen LogP contribution in [0.25, 0.3) is 0 Å². The first-order chi connectivity index (χ1) is 8.75. The summed E-state index contributed by atoms with van der Waals surface area (Å²) in [7, 11) is -3.22. The first-order valence-electron chi connectivity index (χ1n) is 7.25. The zero-order chi connectivity index (χ0) is 14.6. The van der Waals surface area contributed by atoms with Gasteiger partial charge in [0.15, 0.2) is 9.84 Å². The summed E-state index contributed by atoms with van der Waals surface area (Å²) < 4.78 is 23.7. The molecule has 0 saturated carbocycles. The zero-order valence-corrected chi connectivity index (χ0v) is 13.3. The summed E-state index contributed by atoms with van der Waals surface area (Å²) in [6, 6.07) is 0. The van der Waals surface area contributed by atoms with Crippen molar-refractivity contribution in [2.45, 2.75) is 52.2 Å². The summed E-state index contributed by atoms with van der Waals surface area (Å²) in [5, 5.41) is 2.03. The fourth-order valence-electron chi connectivity index (χ4n) is 2.82. The lowest BCUT2D eigenvalue weighted by molar-refractivity contribution is -0.121. The Bertz CT molecular complexity index is 393. The van der Waals surface area contributed by atoms with Gasteiger partial charge in [-0.15, -0.1) is 0 Å². The van der Waals surface area contributed by atoms with E-state index in [9.17, 15) is 13.2 Å². The van der Waals surface area contributed by atoms with Crippen molar-refractivity contribution < 1.29 is 13.2 Å². The van der Waals surface area contributed by atoms with Crippen LogP contribution in [-0.4, -0.2) is 31.9 Å². The molecule has 1 aliphatic heterocycles. The first-order valence-corrected chi connectivity index (χ1v) is 8.96. The zero-order valence-electron chi connectivity index (χ0n) is 12.5. The van der Waals surface area contributed by atoms with E-state index < -0.39 is 15.1 Å². The van der Waals surface area contributed by atoms with Crippen LogP contribution in [0.4, 0.5) is 0 Å². The van der Waals surface area contributed by atoms with Crippen molar-refractivity contribution in [3.8, 4) is 0 Å². The Labute approximate surface area is 117 Å². The number of hydrogen-bond acceptors (Lipinski definition) is 3. The van der Waals surface area contributed by atoms with E-state index in [0.717, 1.165) is 6.42 Å². The van der Waals surface area contributed by atoms with Gasteiger partial charge in [0.05, 0.1) is 5.75 Å². The molecule has 1 unspecified atom stereocenters. The third kappa shape index (κ3) is 4.48. The van der Waals surface area contributed by atoms with Crippen molar-refractivity contribution in [2.75, 3.05) is 12.3 Å². The maximum absolute atomic E-state index is 12.1. The lowest BCUT2D eigenvalue weighted by atomic mass is 9.85. The van der Waals surface area contributed by atoms with E-state index in [1.165, 1.54) is 0 Å². The molecule has 1 atom stereocenters. The third-order valence-corrected chi connectivity index (χ3v) is 6.27. The molecule has 1 saturated heterocycles. The lowest BCUT2D eigenvalue weighted by Crippen LogP contribution is -2.45. The highest BCUT2D eigenvalue weighted by molar-refractivity contribution is 7.92. The summed E-state index contributed by atoms with van der Waals surface area (Å²) in [5.74, 6) is 1.19. The molecule has 19 heavy (non-hydrogen) atoms. The molecule has 5 heteroatoms. The van der Waals surface area contributed by atoms with Gasteiger partial charge >= 0.3 is 0 Å². The molecule has 0 spiro atoms. The quantitative estimate of drug-likeness (QED) is 0.842. The Balaban J connectivity index is 2.59. The van der Waals surface area contributed by atoms with Crippen molar-refractivity contribution in [3.05, 3.63) is 0 Å². The Kier molecular flexibility index (Phi) is 5.83. The van der Waals surface area contributed by atoms with E-state index >= 15 is 0 Å². The van der Waals surface area contributed by atoms with Gasteiger partial charge in [-0.1, -0.05) is 34.1 Å². The van der Waals surface area contributed by atoms with Gasteiger partial charge < -0.3 is 5.32 Å². The lowest BCUT2D eigenvalue weighted by Gasteiger charge is -2.27. The van der Waals surface area contributed by atoms with Crippen LogP contribution in [0.3, 0.4) is 0 Å². The normalized spacial score (nSPS) is 23.0. The minimum Gasteiger partial charge on any atom is -0.355 e. The minimum atomic E-state index is -3.22. The largest absolute Gasteiger partial charge is 0.355 e. The van der Waals surface area contributed by atoms with Gasteiger partial charge in [0.2, 0.25) is 5.91 Å². The minimum absolute atomic E-state index is 0.156. The van der Waals surface area contributed by atoms with Crippen LogP contribution >= 0.6 is 0 Å². The van der Waals surface area contributed by atoms with E-state index in [4.69, 9.17) is 0 Å². The highest BCUT2D eigenvalue weighted by Gasteiger charge is 2.35. The molecular formula is C14H27NO3S. The summed E-state index contributed by atoms with van der Waals surface area (Å²) in [5.41, 5.74) is 0. The van der Waals surface area contributed by atoms with Gasteiger partial charge in [0.25, 0.3) is 0 Å². The molecule has 1 aliphatic rings. The van der Waals surface area contributed by atoms with Crippen molar-refractivity contribution in [1.82, 2.24) is 5.32 Å². The number of carbonyl (C=O) groups excluding carboxylic acids is 1. The van der Waals surface area contributed by atoms with Crippen molar-refractivity contribution in [1.29, 1.82) is 0 Å². The van der Waals surface area contributed by atoms with Gasteiger partial charge in [-0.2, -0.15) is 0 Å². The molecule has 0 aromatic rings. The molecule has 0 aliphatic carbocycles. The second-order valence-corrected chi connectivity index (χ2v) is 8.55. The highest BCUT2D eigenvalue weighted by atomic mass is 32.2. The Morgan fingerprint density at radius 3 is 2.21 bits per heavy atom. The van der Waals surface area contributed by atoms with E-state index in [0.29, 0.717) is 37.1 Å². The SMILES string of the molecule is CC(C)C(CNC(=O)C1CCCCS1(=O)=O)C(C)C. The molecular weight excluding hydrogens is 262 g/mol. The standard InChI is InChI=1S/C14H27NO3S/c1-10(2)12(11(3)4)9-15-14(16)13-7-5-6-8-19(13,17)18/h10-13H,5-9H2,1-4H3,(H,15,16). The molecule has 0 aromatic carbocycles. The molecule has 0 bridgehead atoms. The van der Waals surface area contributed by atoms with Gasteiger partial charge in [-0.05, 0) is 30.6 Å². The second kappa shape index (κ2) is 6.73. The number of carbonyl (C=O) groups is 1. The highest BCUT2D eigenvalue weighted by Crippen LogP contribution is 2.22. The smallest absolute Gasteiger partial charge is 0.238 e. The van der Waals surface area contributed by atoms with Crippen molar-refractivity contribution in [2.24, 2.45) is 17.8 Å². The fourth-order valence-corrected chi connectivity index (χ4v) is 4.65. The van der Waals surface area contributed by atoms with Crippen LogP contribution in [0.5, 0.6) is 0 Å². The number of amides is 1. The fraction of sp³-hybridized carbons (Fsp3) is 0.929. The van der Waals surface area contributed by atoms with Crippen molar-refractivity contribution in [3.63, 3.8) is 0 Å². The van der Waals surface area contributed by atoms with Crippen LogP contribution in [0, 0.1) is 17.8 Å². The molecule has 0 aromatic heterocycles. The van der Waals surface area contributed by atoms with Gasteiger partial charge in [0, 0.05) is 6.54 Å². The summed E-state index contributed by atoms with van der Waals surface area (Å²) in [6.07, 6.45) is 1.99. The molecule has 1 rings (SSSR count). The van der Waals surface area contributed by atoms with Crippen LogP contribution in [0.15, 0.2) is 0 Å². The van der Waals surface area contributed by atoms with Gasteiger partial charge in [-0.3, -0.25) is 4.79 Å². The predicted octanol–water partition coefficient (Wildman–Crippen LogP) is 2.00. The summed E-state index contributed by atoms with van der Waals surface area (Å²) >= 11 is 0. The predicted molar refractivity (Wildman–Crippen MR) is 77.6 cm³/mol. The Hall–Kier alpha value is -0.580. The van der Waals surface area contributed by atoms with Crippen LogP contribution in [-0.2, 0) is 14.6 Å². The molecule has 1 amide bonds. The third-order valence-electron chi connectivity index (χ3n) is 4.10. The molecule has 1 heterocycles. The number of nitrogens with one attached hydrogen (secondary N) is 1. The van der Waals surface area contributed by atoms with Crippen LogP contribution in [0.2, 0.25) is 0 Å². The van der Waals surface area contributed by atoms with Gasteiger partial charge in [0.1, 0.15) is 5.25 Å². The van der Waals surface area contributed by atoms with E-state index in [1.54, 1.807) is 0 Å². The average Bonchev–Trinajstić information content (AvgIpc) is 2.27. The number of hydrogen-bond donors (Lipinski definition) is 1. The Morgan fingerprint density at radius 2 is 1.74 bits per heavy atom. The molecule has 1 fully saturated rings. The van der Waals surface area contributed by atoms with E-state index in [1.807, 2.05) is 0 Å². The number of rotatable bonds is 5. The first kappa shape index (κ1) is 16.5. The molecule has 112 valence electrons. The van der Waals surface area contributed by atoms with Crippen molar-refractivity contribution >= 4 is 15.7 Å². The maximum atomic E-state index is 12.1. The van der Waals surface area contributed by atoms with E-state index in [2.05, 4.69) is 33.0 Å². The maximum Gasteiger partial charge on any atom is 0.238 e.